The summed E-state index contributed by atoms with van der Waals surface area (Å²) in [5.74, 6) is -0.810. The highest BCUT2D eigenvalue weighted by molar-refractivity contribution is 7.47. The van der Waals surface area contributed by atoms with E-state index >= 15 is 0 Å². The molecule has 10 heteroatoms. The molecule has 0 radical (unpaired) electrons. The van der Waals surface area contributed by atoms with Gasteiger partial charge in [0.05, 0.1) is 27.7 Å². The van der Waals surface area contributed by atoms with Gasteiger partial charge in [-0.15, -0.1) is 0 Å². The summed E-state index contributed by atoms with van der Waals surface area (Å²) in [7, 11) is 1.46. The summed E-state index contributed by atoms with van der Waals surface area (Å²) in [6.45, 7) is 4.20. The van der Waals surface area contributed by atoms with Crippen LogP contribution < -0.4 is 0 Å². The molecular weight excluding hydrogens is 1230 g/mol. The molecule has 0 spiro atoms. The standard InChI is InChI=1S/C88H144NO8P/c1-6-8-10-12-14-16-18-20-22-24-26-28-30-32-34-36-38-40-42-44-46-48-50-52-54-56-58-60-62-64-66-68-70-72-74-76-78-80-87(90)94-84-86(85-96-98(92,93)95-83-82-89(3,4)5)97-88(91)81-79-77-75-73-71-69-67-65-63-61-59-57-55-53-51-49-47-45-43-41-39-37-35-33-31-29-27-25-23-21-19-17-15-13-11-9-7-2/h8-11,14-17,20-23,26-29,32-35,38-41,44-47,51,53,57,59,86H,6-7,12-13,18-19,24-25,30-31,36-37,42-43,48-50,52,54-56,58,60-85H2,1-5H3/p+1/b10-8-,11-9-,16-14-,17-15-,22-20-,23-21-,28-26-,29-27-,34-32-,35-33-,40-38-,41-39-,46-44-,47-45-,53-51-,59-57-. The van der Waals surface area contributed by atoms with Crippen LogP contribution in [0.3, 0.4) is 0 Å². The van der Waals surface area contributed by atoms with Gasteiger partial charge in [-0.3, -0.25) is 18.6 Å². The fraction of sp³-hybridized carbons (Fsp3) is 0.614. The molecule has 2 unspecified atom stereocenters. The van der Waals surface area contributed by atoms with E-state index in [0.29, 0.717) is 17.4 Å². The number of phosphoric ester groups is 1. The number of quaternary nitrogens is 1. The highest BCUT2D eigenvalue weighted by Crippen LogP contribution is 2.43. The minimum absolute atomic E-state index is 0.0220. The lowest BCUT2D eigenvalue weighted by Crippen LogP contribution is -2.37. The van der Waals surface area contributed by atoms with Crippen LogP contribution in [0.1, 0.15) is 296 Å². The van der Waals surface area contributed by atoms with Gasteiger partial charge < -0.3 is 18.9 Å². The largest absolute Gasteiger partial charge is 0.472 e. The van der Waals surface area contributed by atoms with Crippen molar-refractivity contribution in [2.24, 2.45) is 0 Å². The second kappa shape index (κ2) is 76.0. The van der Waals surface area contributed by atoms with Crippen molar-refractivity contribution in [3.63, 3.8) is 0 Å². The molecule has 9 nitrogen and oxygen atoms in total. The zero-order chi connectivity index (χ0) is 71.1. The molecule has 0 aromatic heterocycles. The number of hydrogen-bond donors (Lipinski definition) is 1. The maximum Gasteiger partial charge on any atom is 0.472 e. The number of allylic oxidation sites excluding steroid dienone is 32. The number of unbranched alkanes of at least 4 members (excludes halogenated alkanes) is 24. The maximum absolute atomic E-state index is 12.9. The van der Waals surface area contributed by atoms with E-state index in [4.69, 9.17) is 18.5 Å². The minimum atomic E-state index is -4.41. The van der Waals surface area contributed by atoms with Crippen LogP contribution in [-0.2, 0) is 32.7 Å². The summed E-state index contributed by atoms with van der Waals surface area (Å²) in [4.78, 5) is 36.0. The van der Waals surface area contributed by atoms with Gasteiger partial charge >= 0.3 is 19.8 Å². The molecule has 0 amide bonds. The number of hydrogen-bond acceptors (Lipinski definition) is 7. The van der Waals surface area contributed by atoms with Crippen molar-refractivity contribution in [2.75, 3.05) is 47.5 Å². The molecule has 0 aromatic carbocycles. The Labute approximate surface area is 603 Å². The molecule has 0 saturated carbocycles. The zero-order valence-corrected chi connectivity index (χ0v) is 64.1. The van der Waals surface area contributed by atoms with E-state index < -0.39 is 26.5 Å². The molecule has 0 aliphatic carbocycles. The summed E-state index contributed by atoms with van der Waals surface area (Å²) in [6.07, 6.45) is 118. The fourth-order valence-corrected chi connectivity index (χ4v) is 11.0. The minimum Gasteiger partial charge on any atom is -0.462 e. The first kappa shape index (κ1) is 92.8. The second-order valence-corrected chi connectivity index (χ2v) is 28.1. The van der Waals surface area contributed by atoms with Crippen molar-refractivity contribution in [2.45, 2.75) is 302 Å². The first-order chi connectivity index (χ1) is 48.0. The quantitative estimate of drug-likeness (QED) is 0.0211. The van der Waals surface area contributed by atoms with E-state index in [1.54, 1.807) is 0 Å². The van der Waals surface area contributed by atoms with Gasteiger partial charge in [0.25, 0.3) is 0 Å². The Morgan fingerprint density at radius 2 is 0.551 bits per heavy atom. The van der Waals surface area contributed by atoms with E-state index in [1.807, 2.05) is 21.1 Å². The number of ether oxygens (including phenoxy) is 2. The number of carbonyl (C=O) groups is 2. The molecule has 0 aliphatic rings. The third-order valence-electron chi connectivity index (χ3n) is 16.1. The molecule has 554 valence electrons. The summed E-state index contributed by atoms with van der Waals surface area (Å²) < 4.78 is 34.8. The summed E-state index contributed by atoms with van der Waals surface area (Å²) >= 11 is 0. The first-order valence-corrected chi connectivity index (χ1v) is 40.7. The topological polar surface area (TPSA) is 108 Å². The predicted octanol–water partition coefficient (Wildman–Crippen LogP) is 26.4. The fourth-order valence-electron chi connectivity index (χ4n) is 10.2. The van der Waals surface area contributed by atoms with Crippen LogP contribution in [-0.4, -0.2) is 74.9 Å². The molecule has 1 N–H and O–H groups in total. The Morgan fingerprint density at radius 3 is 0.816 bits per heavy atom. The number of esters is 2. The van der Waals surface area contributed by atoms with Crippen molar-refractivity contribution in [1.82, 2.24) is 0 Å². The Hall–Kier alpha value is -5.15. The normalized spacial score (nSPS) is 14.1. The molecular formula is C88H145NO8P+. The maximum atomic E-state index is 12.9. The van der Waals surface area contributed by atoms with Crippen molar-refractivity contribution in [3.05, 3.63) is 194 Å². The lowest BCUT2D eigenvalue weighted by Gasteiger charge is -2.24. The van der Waals surface area contributed by atoms with E-state index in [2.05, 4.69) is 208 Å². The van der Waals surface area contributed by atoms with Crippen LogP contribution >= 0.6 is 7.82 Å². The van der Waals surface area contributed by atoms with E-state index in [0.717, 1.165) is 148 Å². The molecule has 0 aliphatic heterocycles. The molecule has 0 rings (SSSR count). The lowest BCUT2D eigenvalue weighted by atomic mass is 10.0. The summed E-state index contributed by atoms with van der Waals surface area (Å²) in [6, 6.07) is 0. The molecule has 98 heavy (non-hydrogen) atoms. The van der Waals surface area contributed by atoms with E-state index in [-0.39, 0.29) is 32.0 Å². The second-order valence-electron chi connectivity index (χ2n) is 26.6. The monoisotopic (exact) mass is 1380 g/mol. The molecule has 0 fully saturated rings. The van der Waals surface area contributed by atoms with Crippen LogP contribution in [0, 0.1) is 0 Å². The van der Waals surface area contributed by atoms with Crippen molar-refractivity contribution in [3.8, 4) is 0 Å². The van der Waals surface area contributed by atoms with E-state index in [1.165, 1.54) is 116 Å². The predicted molar refractivity (Wildman–Crippen MR) is 426 cm³/mol. The van der Waals surface area contributed by atoms with Gasteiger partial charge in [-0.2, -0.15) is 0 Å². The van der Waals surface area contributed by atoms with Crippen LogP contribution in [0.15, 0.2) is 194 Å². The average molecular weight is 1380 g/mol. The van der Waals surface area contributed by atoms with Gasteiger partial charge in [-0.05, 0) is 141 Å². The van der Waals surface area contributed by atoms with E-state index in [9.17, 15) is 19.0 Å². The van der Waals surface area contributed by atoms with Crippen LogP contribution in [0.25, 0.3) is 0 Å². The molecule has 0 heterocycles. The van der Waals surface area contributed by atoms with Crippen molar-refractivity contribution >= 4 is 19.8 Å². The molecule has 0 saturated heterocycles. The van der Waals surface area contributed by atoms with Gasteiger partial charge in [-0.25, -0.2) is 4.57 Å². The smallest absolute Gasteiger partial charge is 0.462 e. The molecule has 0 bridgehead atoms. The summed E-state index contributed by atoms with van der Waals surface area (Å²) in [5, 5.41) is 0. The Kier molecular flexibility index (Phi) is 72.0. The van der Waals surface area contributed by atoms with Crippen LogP contribution in [0.5, 0.6) is 0 Å². The zero-order valence-electron chi connectivity index (χ0n) is 63.2. The first-order valence-electron chi connectivity index (χ1n) is 39.2. The number of nitrogens with zero attached hydrogens (tertiary/aromatic N) is 1. The third kappa shape index (κ3) is 79.8. The van der Waals surface area contributed by atoms with Gasteiger partial charge in [0, 0.05) is 12.8 Å². The Morgan fingerprint density at radius 1 is 0.316 bits per heavy atom. The number of carbonyl (C=O) groups excluding carboxylic acids is 2. The summed E-state index contributed by atoms with van der Waals surface area (Å²) in [5.41, 5.74) is 0. The van der Waals surface area contributed by atoms with Crippen LogP contribution in [0.4, 0.5) is 0 Å². The molecule has 2 atom stereocenters. The van der Waals surface area contributed by atoms with Crippen LogP contribution in [0.2, 0.25) is 0 Å². The Balaban J connectivity index is 4.07. The van der Waals surface area contributed by atoms with Gasteiger partial charge in [0.1, 0.15) is 19.8 Å². The highest BCUT2D eigenvalue weighted by Gasteiger charge is 2.27. The van der Waals surface area contributed by atoms with Gasteiger partial charge in [0.15, 0.2) is 6.10 Å². The van der Waals surface area contributed by atoms with Gasteiger partial charge in [-0.1, -0.05) is 337 Å². The van der Waals surface area contributed by atoms with Crippen molar-refractivity contribution in [1.29, 1.82) is 0 Å². The number of rotatable bonds is 70. The number of phosphoric acid groups is 1. The SMILES string of the molecule is CC/C=C\C/C=C\C/C=C\C/C=C\C/C=C\C/C=C\C/C=C\C/C=C\C/C=C\CCCCCCCCCCCC(=O)OC(COC(=O)CCCCCCCCCCCCCCCCC/C=C\C/C=C\C/C=C\C/C=C\C/C=C\C/C=C\C/C=C\CC)COP(=O)(O)OCC[N+](C)(C)C. The molecule has 0 aromatic rings. The Bertz CT molecular complexity index is 2360. The third-order valence-corrected chi connectivity index (χ3v) is 17.1. The lowest BCUT2D eigenvalue weighted by molar-refractivity contribution is -0.870. The van der Waals surface area contributed by atoms with Crippen molar-refractivity contribution < 1.29 is 42.1 Å². The average Bonchev–Trinajstić information content (AvgIpc) is 1.08. The number of likely N-dealkylation sites (N-methyl/N-ethyl adjacent to an activating group) is 1. The highest BCUT2D eigenvalue weighted by atomic mass is 31.2. The van der Waals surface area contributed by atoms with Gasteiger partial charge in [0.2, 0.25) is 0 Å².